The standard InChI is InChI=1S/C24H26N2O5S/c1-6-15-10-19(32-20(15)11-27)23-25-22(26-31-23)17-8-14(3)21(16(7-2)9-17)28-12-18-13-29-24(4,5)30-18/h8-11,13H,6-7,12H2,1-5H3. The third-order valence-electron chi connectivity index (χ3n) is 5.17. The van der Waals surface area contributed by atoms with E-state index >= 15 is 0 Å². The van der Waals surface area contributed by atoms with Gasteiger partial charge in [-0.05, 0) is 54.7 Å². The quantitative estimate of drug-likeness (QED) is 0.403. The average Bonchev–Trinajstić information content (AvgIpc) is 3.49. The lowest BCUT2D eigenvalue weighted by Gasteiger charge is -2.19. The minimum Gasteiger partial charge on any atom is -0.485 e. The van der Waals surface area contributed by atoms with Crippen molar-refractivity contribution < 1.29 is 23.5 Å². The fourth-order valence-corrected chi connectivity index (χ4v) is 4.58. The molecule has 0 amide bonds. The van der Waals surface area contributed by atoms with Crippen molar-refractivity contribution in [2.75, 3.05) is 6.61 Å². The van der Waals surface area contributed by atoms with E-state index in [1.165, 1.54) is 11.3 Å². The van der Waals surface area contributed by atoms with Gasteiger partial charge >= 0.3 is 0 Å². The van der Waals surface area contributed by atoms with Crippen LogP contribution in [0.25, 0.3) is 22.2 Å². The molecule has 0 unspecified atom stereocenters. The van der Waals surface area contributed by atoms with Gasteiger partial charge in [0, 0.05) is 19.4 Å². The summed E-state index contributed by atoms with van der Waals surface area (Å²) in [6.45, 7) is 10.1. The maximum Gasteiger partial charge on any atom is 0.268 e. The number of aromatic nitrogens is 2. The van der Waals surface area contributed by atoms with Gasteiger partial charge in [-0.3, -0.25) is 4.79 Å². The van der Waals surface area contributed by atoms with Gasteiger partial charge in [0.1, 0.15) is 18.6 Å². The van der Waals surface area contributed by atoms with Crippen molar-refractivity contribution in [3.63, 3.8) is 0 Å². The van der Waals surface area contributed by atoms with Crippen molar-refractivity contribution in [1.82, 2.24) is 10.1 Å². The lowest BCUT2D eigenvalue weighted by atomic mass is 10.0. The van der Waals surface area contributed by atoms with Crippen LogP contribution >= 0.6 is 11.3 Å². The van der Waals surface area contributed by atoms with Crippen LogP contribution in [0.1, 0.15) is 54.1 Å². The fraction of sp³-hybridized carbons (Fsp3) is 0.375. The highest BCUT2D eigenvalue weighted by molar-refractivity contribution is 7.17. The van der Waals surface area contributed by atoms with E-state index in [1.807, 2.05) is 45.9 Å². The normalized spacial score (nSPS) is 14.6. The molecule has 2 aromatic heterocycles. The number of carbonyl (C=O) groups is 1. The van der Waals surface area contributed by atoms with Gasteiger partial charge in [0.05, 0.1) is 9.75 Å². The molecule has 0 spiro atoms. The van der Waals surface area contributed by atoms with Gasteiger partial charge in [-0.2, -0.15) is 4.98 Å². The smallest absolute Gasteiger partial charge is 0.268 e. The van der Waals surface area contributed by atoms with Gasteiger partial charge < -0.3 is 18.7 Å². The molecule has 0 fully saturated rings. The van der Waals surface area contributed by atoms with E-state index in [9.17, 15) is 4.79 Å². The summed E-state index contributed by atoms with van der Waals surface area (Å²) in [4.78, 5) is 17.3. The molecule has 0 saturated carbocycles. The predicted molar refractivity (Wildman–Crippen MR) is 122 cm³/mol. The molecular formula is C24H26N2O5S. The molecule has 1 aliphatic heterocycles. The average molecular weight is 455 g/mol. The largest absolute Gasteiger partial charge is 0.485 e. The first-order valence-corrected chi connectivity index (χ1v) is 11.4. The van der Waals surface area contributed by atoms with Crippen molar-refractivity contribution in [3.8, 4) is 27.9 Å². The monoisotopic (exact) mass is 454 g/mol. The van der Waals surface area contributed by atoms with Crippen LogP contribution in [0.5, 0.6) is 5.75 Å². The fourth-order valence-electron chi connectivity index (χ4n) is 3.59. The van der Waals surface area contributed by atoms with Crippen molar-refractivity contribution in [3.05, 3.63) is 51.8 Å². The van der Waals surface area contributed by atoms with Crippen molar-refractivity contribution in [2.24, 2.45) is 0 Å². The van der Waals surface area contributed by atoms with Crippen LogP contribution in [0.15, 0.2) is 34.7 Å². The molecule has 4 rings (SSSR count). The summed E-state index contributed by atoms with van der Waals surface area (Å²) < 4.78 is 22.7. The van der Waals surface area contributed by atoms with Crippen LogP contribution < -0.4 is 4.74 Å². The lowest BCUT2D eigenvalue weighted by Crippen LogP contribution is -2.21. The molecular weight excluding hydrogens is 428 g/mol. The zero-order chi connectivity index (χ0) is 22.9. The highest BCUT2D eigenvalue weighted by Gasteiger charge is 2.28. The number of thiophene rings is 1. The summed E-state index contributed by atoms with van der Waals surface area (Å²) in [6, 6.07) is 5.94. The lowest BCUT2D eigenvalue weighted by molar-refractivity contribution is -0.119. The molecule has 0 N–H and O–H groups in total. The topological polar surface area (TPSA) is 83.7 Å². The van der Waals surface area contributed by atoms with E-state index in [2.05, 4.69) is 17.1 Å². The first-order chi connectivity index (χ1) is 15.3. The van der Waals surface area contributed by atoms with E-state index in [4.69, 9.17) is 18.7 Å². The van der Waals surface area contributed by atoms with Crippen molar-refractivity contribution in [2.45, 2.75) is 53.2 Å². The highest BCUT2D eigenvalue weighted by Crippen LogP contribution is 2.34. The zero-order valence-electron chi connectivity index (χ0n) is 18.9. The zero-order valence-corrected chi connectivity index (χ0v) is 19.7. The highest BCUT2D eigenvalue weighted by atomic mass is 32.1. The number of hydrogen-bond donors (Lipinski definition) is 0. The maximum absolute atomic E-state index is 11.3. The van der Waals surface area contributed by atoms with Gasteiger partial charge in [-0.15, -0.1) is 11.3 Å². The Morgan fingerprint density at radius 1 is 1.16 bits per heavy atom. The van der Waals surface area contributed by atoms with Crippen LogP contribution in [0, 0.1) is 6.92 Å². The summed E-state index contributed by atoms with van der Waals surface area (Å²) in [7, 11) is 0. The van der Waals surface area contributed by atoms with E-state index < -0.39 is 5.79 Å². The van der Waals surface area contributed by atoms with Gasteiger partial charge in [0.15, 0.2) is 12.0 Å². The molecule has 0 aliphatic carbocycles. The van der Waals surface area contributed by atoms with Gasteiger partial charge in [-0.25, -0.2) is 0 Å². The second-order valence-corrected chi connectivity index (χ2v) is 9.11. The summed E-state index contributed by atoms with van der Waals surface area (Å²) in [5, 5.41) is 4.17. The Morgan fingerprint density at radius 3 is 2.56 bits per heavy atom. The third kappa shape index (κ3) is 4.41. The molecule has 0 atom stereocenters. The molecule has 0 saturated heterocycles. The van der Waals surface area contributed by atoms with Crippen LogP contribution in [0.4, 0.5) is 0 Å². The van der Waals surface area contributed by atoms with E-state index in [-0.39, 0.29) is 0 Å². The number of rotatable bonds is 8. The second-order valence-electron chi connectivity index (χ2n) is 8.02. The maximum atomic E-state index is 11.3. The SMILES string of the molecule is CCc1cc(-c2nc(-c3cc(C)c(OCC4=COC(C)(C)O4)c(CC)c3)no2)sc1C=O. The first-order valence-electron chi connectivity index (χ1n) is 10.6. The van der Waals surface area contributed by atoms with Crippen LogP contribution in [0.2, 0.25) is 0 Å². The number of carbonyl (C=O) groups excluding carboxylic acids is 1. The Bertz CT molecular complexity index is 1180. The van der Waals surface area contributed by atoms with Gasteiger partial charge in [-0.1, -0.05) is 19.0 Å². The molecule has 0 bridgehead atoms. The van der Waals surface area contributed by atoms with E-state index in [0.717, 1.165) is 52.0 Å². The van der Waals surface area contributed by atoms with Gasteiger partial charge in [0.2, 0.25) is 11.6 Å². The summed E-state index contributed by atoms with van der Waals surface area (Å²) in [6.07, 6.45) is 4.03. The van der Waals surface area contributed by atoms with Crippen molar-refractivity contribution in [1.29, 1.82) is 0 Å². The Labute approximate surface area is 191 Å². The number of aldehydes is 1. The number of hydrogen-bond acceptors (Lipinski definition) is 8. The van der Waals surface area contributed by atoms with Crippen LogP contribution in [0.3, 0.4) is 0 Å². The van der Waals surface area contributed by atoms with E-state index in [1.54, 1.807) is 6.26 Å². The predicted octanol–water partition coefficient (Wildman–Crippen LogP) is 5.71. The third-order valence-corrected chi connectivity index (χ3v) is 6.26. The minimum absolute atomic E-state index is 0.292. The number of nitrogens with zero attached hydrogens (tertiary/aromatic N) is 2. The Morgan fingerprint density at radius 2 is 1.94 bits per heavy atom. The molecule has 1 aromatic carbocycles. The summed E-state index contributed by atoms with van der Waals surface area (Å²) in [5.74, 6) is 1.72. The molecule has 32 heavy (non-hydrogen) atoms. The Balaban J connectivity index is 1.57. The second kappa shape index (κ2) is 8.78. The number of benzene rings is 1. The summed E-state index contributed by atoms with van der Waals surface area (Å²) >= 11 is 1.37. The molecule has 3 aromatic rings. The van der Waals surface area contributed by atoms with Crippen molar-refractivity contribution >= 4 is 17.6 Å². The molecule has 1 aliphatic rings. The minimum atomic E-state index is -0.658. The first kappa shape index (κ1) is 22.1. The molecule has 3 heterocycles. The van der Waals surface area contributed by atoms with Crippen LogP contribution in [-0.4, -0.2) is 28.8 Å². The number of ether oxygens (including phenoxy) is 3. The Kier molecular flexibility index (Phi) is 6.06. The molecule has 8 heteroatoms. The van der Waals surface area contributed by atoms with E-state index in [0.29, 0.717) is 29.0 Å². The summed E-state index contributed by atoms with van der Waals surface area (Å²) in [5.41, 5.74) is 3.85. The van der Waals surface area contributed by atoms with Gasteiger partial charge in [0.25, 0.3) is 5.89 Å². The molecule has 0 radical (unpaired) electrons. The molecule has 168 valence electrons. The number of aryl methyl sites for hydroxylation is 3. The Hall–Kier alpha value is -3.13. The molecule has 7 nitrogen and oxygen atoms in total. The van der Waals surface area contributed by atoms with Crippen LogP contribution in [-0.2, 0) is 22.3 Å².